The summed E-state index contributed by atoms with van der Waals surface area (Å²) in [5.41, 5.74) is 1.21. The average molecular weight is 357 g/mol. The van der Waals surface area contributed by atoms with Gasteiger partial charge < -0.3 is 14.8 Å². The van der Waals surface area contributed by atoms with Gasteiger partial charge in [0.2, 0.25) is 0 Å². The highest BCUT2D eigenvalue weighted by molar-refractivity contribution is 5.27. The molecule has 2 aromatic carbocycles. The van der Waals surface area contributed by atoms with Gasteiger partial charge in [0.15, 0.2) is 0 Å². The molecule has 0 heterocycles. The molecule has 2 aromatic rings. The van der Waals surface area contributed by atoms with Gasteiger partial charge in [0.1, 0.15) is 11.6 Å². The van der Waals surface area contributed by atoms with Crippen LogP contribution in [0.5, 0.6) is 5.75 Å². The molecule has 136 valence electrons. The van der Waals surface area contributed by atoms with Gasteiger partial charge in [-0.1, -0.05) is 30.3 Å². The summed E-state index contributed by atoms with van der Waals surface area (Å²) in [6, 6.07) is 11.7. The minimum absolute atomic E-state index is 0.215. The summed E-state index contributed by atoms with van der Waals surface area (Å²) in [6.07, 6.45) is -5.20. The predicted molar refractivity (Wildman–Crippen MR) is 85.6 cm³/mol. The van der Waals surface area contributed by atoms with Crippen LogP contribution in [0, 0.1) is 5.82 Å². The van der Waals surface area contributed by atoms with Crippen molar-refractivity contribution in [3.8, 4) is 5.75 Å². The second kappa shape index (κ2) is 8.31. The molecule has 3 nitrogen and oxygen atoms in total. The number of alkyl halides is 3. The van der Waals surface area contributed by atoms with Gasteiger partial charge in [-0.2, -0.15) is 0 Å². The number of hydrogen-bond donors (Lipinski definition) is 1. The van der Waals surface area contributed by atoms with Crippen LogP contribution in [0.3, 0.4) is 0 Å². The van der Waals surface area contributed by atoms with Crippen LogP contribution < -0.4 is 10.1 Å². The van der Waals surface area contributed by atoms with Gasteiger partial charge in [-0.25, -0.2) is 4.39 Å². The highest BCUT2D eigenvalue weighted by Gasteiger charge is 2.31. The minimum Gasteiger partial charge on any atom is -0.406 e. The maximum absolute atomic E-state index is 13.9. The zero-order valence-corrected chi connectivity index (χ0v) is 13.8. The third kappa shape index (κ3) is 5.72. The summed E-state index contributed by atoms with van der Waals surface area (Å²) < 4.78 is 59.6. The maximum Gasteiger partial charge on any atom is 0.573 e. The van der Waals surface area contributed by atoms with E-state index in [2.05, 4.69) is 10.1 Å². The molecule has 2 rings (SSSR count). The van der Waals surface area contributed by atoms with Crippen LogP contribution in [0.2, 0.25) is 0 Å². The van der Waals surface area contributed by atoms with Crippen LogP contribution in [0.4, 0.5) is 17.6 Å². The van der Waals surface area contributed by atoms with Gasteiger partial charge in [-0.3, -0.25) is 0 Å². The molecule has 2 atom stereocenters. The van der Waals surface area contributed by atoms with Crippen molar-refractivity contribution in [2.45, 2.75) is 32.0 Å². The summed E-state index contributed by atoms with van der Waals surface area (Å²) >= 11 is 0. The van der Waals surface area contributed by atoms with Crippen molar-refractivity contribution in [3.05, 3.63) is 65.5 Å². The second-order valence-electron chi connectivity index (χ2n) is 5.54. The van der Waals surface area contributed by atoms with E-state index in [1.165, 1.54) is 37.4 Å². The maximum atomic E-state index is 13.9. The molecule has 0 fully saturated rings. The van der Waals surface area contributed by atoms with E-state index in [1.54, 1.807) is 18.2 Å². The molecule has 25 heavy (non-hydrogen) atoms. The first-order chi connectivity index (χ1) is 11.8. The molecule has 0 bridgehead atoms. The van der Waals surface area contributed by atoms with Crippen molar-refractivity contribution in [1.29, 1.82) is 0 Å². The highest BCUT2D eigenvalue weighted by Crippen LogP contribution is 2.25. The normalized spacial score (nSPS) is 14.2. The van der Waals surface area contributed by atoms with E-state index in [0.717, 1.165) is 5.56 Å². The third-order valence-electron chi connectivity index (χ3n) is 3.70. The second-order valence-corrected chi connectivity index (χ2v) is 5.54. The van der Waals surface area contributed by atoms with Crippen LogP contribution in [0.25, 0.3) is 0 Å². The summed E-state index contributed by atoms with van der Waals surface area (Å²) in [5.74, 6) is -0.623. The van der Waals surface area contributed by atoms with Gasteiger partial charge in [0.05, 0.1) is 6.10 Å². The highest BCUT2D eigenvalue weighted by atomic mass is 19.4. The largest absolute Gasteiger partial charge is 0.573 e. The Morgan fingerprint density at radius 2 is 1.68 bits per heavy atom. The molecule has 0 aliphatic rings. The zero-order chi connectivity index (χ0) is 18.4. The molecule has 1 N–H and O–H groups in total. The van der Waals surface area contributed by atoms with E-state index >= 15 is 0 Å². The minimum atomic E-state index is -4.71. The van der Waals surface area contributed by atoms with E-state index in [9.17, 15) is 17.6 Å². The van der Waals surface area contributed by atoms with Gasteiger partial charge in [0, 0.05) is 25.3 Å². The number of benzene rings is 2. The van der Waals surface area contributed by atoms with E-state index in [0.29, 0.717) is 12.1 Å². The average Bonchev–Trinajstić information content (AvgIpc) is 2.55. The fourth-order valence-electron chi connectivity index (χ4n) is 2.50. The number of nitrogens with one attached hydrogen (secondary N) is 1. The molecule has 0 spiro atoms. The lowest BCUT2D eigenvalue weighted by atomic mass is 10.0. The van der Waals surface area contributed by atoms with E-state index in [4.69, 9.17) is 4.74 Å². The molecule has 0 aromatic heterocycles. The lowest BCUT2D eigenvalue weighted by Crippen LogP contribution is -2.33. The summed E-state index contributed by atoms with van der Waals surface area (Å²) in [4.78, 5) is 0. The summed E-state index contributed by atoms with van der Waals surface area (Å²) in [7, 11) is 1.50. The van der Waals surface area contributed by atoms with Crippen molar-refractivity contribution in [2.75, 3.05) is 7.11 Å². The van der Waals surface area contributed by atoms with Crippen LogP contribution in [0.1, 0.15) is 24.2 Å². The van der Waals surface area contributed by atoms with E-state index in [-0.39, 0.29) is 17.6 Å². The Labute approximate surface area is 143 Å². The Balaban J connectivity index is 1.96. The Morgan fingerprint density at radius 1 is 1.04 bits per heavy atom. The van der Waals surface area contributed by atoms with Gasteiger partial charge in [-0.05, 0) is 30.7 Å². The molecule has 0 saturated carbocycles. The number of halogens is 4. The molecule has 0 amide bonds. The fraction of sp³-hybridized carbons (Fsp3) is 0.333. The smallest absolute Gasteiger partial charge is 0.406 e. The monoisotopic (exact) mass is 357 g/mol. The first kappa shape index (κ1) is 19.2. The standard InChI is InChI=1S/C18H19F4NO2/c1-12(17(24-2)15-5-3-4-6-16(15)19)23-11-13-7-9-14(10-8-13)25-18(20,21)22/h3-10,12,17,23H,11H2,1-2H3. The number of rotatable bonds is 7. The summed E-state index contributed by atoms with van der Waals surface area (Å²) in [5, 5.41) is 3.19. The summed E-state index contributed by atoms with van der Waals surface area (Å²) in [6.45, 7) is 2.24. The number of ether oxygens (including phenoxy) is 2. The number of methoxy groups -OCH3 is 1. The topological polar surface area (TPSA) is 30.5 Å². The molecular weight excluding hydrogens is 338 g/mol. The van der Waals surface area contributed by atoms with Gasteiger partial charge >= 0.3 is 6.36 Å². The Morgan fingerprint density at radius 3 is 2.24 bits per heavy atom. The molecule has 0 radical (unpaired) electrons. The Hall–Kier alpha value is -2.12. The first-order valence-corrected chi connectivity index (χ1v) is 7.65. The molecule has 0 aliphatic heterocycles. The van der Waals surface area contributed by atoms with Gasteiger partial charge in [-0.15, -0.1) is 13.2 Å². The molecule has 0 aliphatic carbocycles. The van der Waals surface area contributed by atoms with Crippen molar-refractivity contribution in [1.82, 2.24) is 5.32 Å². The van der Waals surface area contributed by atoms with E-state index < -0.39 is 12.5 Å². The van der Waals surface area contributed by atoms with Crippen LogP contribution in [-0.4, -0.2) is 19.5 Å². The molecule has 7 heteroatoms. The van der Waals surface area contributed by atoms with Gasteiger partial charge in [0.25, 0.3) is 0 Å². The van der Waals surface area contributed by atoms with Crippen LogP contribution >= 0.6 is 0 Å². The molecule has 0 saturated heterocycles. The third-order valence-corrected chi connectivity index (χ3v) is 3.70. The molecular formula is C18H19F4NO2. The van der Waals surface area contributed by atoms with E-state index in [1.807, 2.05) is 6.92 Å². The SMILES string of the molecule is COC(c1ccccc1F)C(C)NCc1ccc(OC(F)(F)F)cc1. The lowest BCUT2D eigenvalue weighted by Gasteiger charge is -2.24. The quantitative estimate of drug-likeness (QED) is 0.735. The first-order valence-electron chi connectivity index (χ1n) is 7.65. The van der Waals surface area contributed by atoms with Crippen molar-refractivity contribution >= 4 is 0 Å². The fourth-order valence-corrected chi connectivity index (χ4v) is 2.50. The van der Waals surface area contributed by atoms with Crippen LogP contribution in [0.15, 0.2) is 48.5 Å². The Kier molecular flexibility index (Phi) is 6.39. The van der Waals surface area contributed by atoms with Crippen LogP contribution in [-0.2, 0) is 11.3 Å². The molecule has 2 unspecified atom stereocenters. The number of hydrogen-bond acceptors (Lipinski definition) is 3. The van der Waals surface area contributed by atoms with Crippen molar-refractivity contribution < 1.29 is 27.0 Å². The lowest BCUT2D eigenvalue weighted by molar-refractivity contribution is -0.274. The Bertz CT molecular complexity index is 674. The van der Waals surface area contributed by atoms with Crippen molar-refractivity contribution in [3.63, 3.8) is 0 Å². The predicted octanol–water partition coefficient (Wildman–Crippen LogP) is 4.59. The zero-order valence-electron chi connectivity index (χ0n) is 13.8. The van der Waals surface area contributed by atoms with Crippen molar-refractivity contribution in [2.24, 2.45) is 0 Å².